The Morgan fingerprint density at radius 2 is 2.08 bits per heavy atom. The molecule has 0 saturated carbocycles. The zero-order valence-corrected chi connectivity index (χ0v) is 15.3. The minimum absolute atomic E-state index is 0.281. The Balaban J connectivity index is 2.25. The summed E-state index contributed by atoms with van der Waals surface area (Å²) in [5.41, 5.74) is 1.00. The van der Waals surface area contributed by atoms with Crippen LogP contribution in [0.4, 0.5) is 5.69 Å². The van der Waals surface area contributed by atoms with Crippen LogP contribution in [0.2, 0.25) is 5.02 Å². The summed E-state index contributed by atoms with van der Waals surface area (Å²) in [6.07, 6.45) is 4.19. The number of carbonyl (C=O) groups excluding carboxylic acids is 2. The molecule has 6 nitrogen and oxygen atoms in total. The van der Waals surface area contributed by atoms with Gasteiger partial charge in [0.25, 0.3) is 11.8 Å². The van der Waals surface area contributed by atoms with Gasteiger partial charge in [0.2, 0.25) is 0 Å². The highest BCUT2D eigenvalue weighted by Gasteiger charge is 2.20. The van der Waals surface area contributed by atoms with Crippen molar-refractivity contribution in [3.05, 3.63) is 40.7 Å². The Hall–Kier alpha value is -1.99. The Morgan fingerprint density at radius 3 is 2.75 bits per heavy atom. The van der Waals surface area contributed by atoms with Gasteiger partial charge in [-0.25, -0.2) is 0 Å². The summed E-state index contributed by atoms with van der Waals surface area (Å²) in [6, 6.07) is 5.24. The second-order valence-corrected chi connectivity index (χ2v) is 6.37. The predicted octanol–water partition coefficient (Wildman–Crippen LogP) is 3.19. The van der Waals surface area contributed by atoms with E-state index in [9.17, 15) is 9.59 Å². The summed E-state index contributed by atoms with van der Waals surface area (Å²) in [4.78, 5) is 25.7. The van der Waals surface area contributed by atoms with E-state index in [0.29, 0.717) is 28.5 Å². The number of rotatable bonds is 6. The molecule has 2 aromatic rings. The van der Waals surface area contributed by atoms with Gasteiger partial charge >= 0.3 is 0 Å². The molecule has 1 aromatic heterocycles. The van der Waals surface area contributed by atoms with E-state index in [1.807, 2.05) is 19.2 Å². The van der Waals surface area contributed by atoms with Gasteiger partial charge < -0.3 is 10.6 Å². The number of hydrogen-bond donors (Lipinski definition) is 2. The van der Waals surface area contributed by atoms with Gasteiger partial charge in [0.05, 0.1) is 22.5 Å². The zero-order valence-electron chi connectivity index (χ0n) is 13.7. The highest BCUT2D eigenvalue weighted by atomic mass is 35.5. The lowest BCUT2D eigenvalue weighted by molar-refractivity contribution is 0.0945. The van der Waals surface area contributed by atoms with Gasteiger partial charge in [0.1, 0.15) is 5.69 Å². The number of aromatic nitrogens is 2. The van der Waals surface area contributed by atoms with Gasteiger partial charge in [-0.2, -0.15) is 5.10 Å². The van der Waals surface area contributed by atoms with Crippen molar-refractivity contribution in [3.63, 3.8) is 0 Å². The first kappa shape index (κ1) is 18.4. The average Bonchev–Trinajstić information content (AvgIpc) is 2.93. The van der Waals surface area contributed by atoms with Gasteiger partial charge in [-0.3, -0.25) is 14.3 Å². The van der Waals surface area contributed by atoms with Crippen molar-refractivity contribution < 1.29 is 9.59 Å². The molecule has 0 fully saturated rings. The maximum Gasteiger partial charge on any atom is 0.271 e. The van der Waals surface area contributed by atoms with Crippen molar-refractivity contribution in [1.82, 2.24) is 15.1 Å². The molecule has 0 bridgehead atoms. The van der Waals surface area contributed by atoms with Gasteiger partial charge in [0, 0.05) is 18.5 Å². The van der Waals surface area contributed by atoms with Crippen LogP contribution >= 0.6 is 23.4 Å². The van der Waals surface area contributed by atoms with Crippen LogP contribution < -0.4 is 10.6 Å². The molecule has 0 aliphatic heterocycles. The number of aryl methyl sites for hydroxylation is 1. The van der Waals surface area contributed by atoms with Gasteiger partial charge in [-0.1, -0.05) is 18.5 Å². The molecule has 2 N–H and O–H groups in total. The maximum atomic E-state index is 12.5. The van der Waals surface area contributed by atoms with E-state index in [1.165, 1.54) is 22.6 Å². The SMILES string of the molecule is CCCNC(=O)c1c(NC(=O)c2cc(SC)ccc2Cl)cnn1C. The quantitative estimate of drug-likeness (QED) is 0.770. The van der Waals surface area contributed by atoms with Crippen LogP contribution in [-0.2, 0) is 7.05 Å². The van der Waals surface area contributed by atoms with Crippen molar-refractivity contribution in [2.75, 3.05) is 18.1 Å². The first-order valence-electron chi connectivity index (χ1n) is 7.43. The predicted molar refractivity (Wildman–Crippen MR) is 97.0 cm³/mol. The van der Waals surface area contributed by atoms with Crippen molar-refractivity contribution in [3.8, 4) is 0 Å². The first-order valence-corrected chi connectivity index (χ1v) is 9.03. The Morgan fingerprint density at radius 1 is 1.33 bits per heavy atom. The topological polar surface area (TPSA) is 76.0 Å². The molecular weight excluding hydrogens is 348 g/mol. The summed E-state index contributed by atoms with van der Waals surface area (Å²) in [6.45, 7) is 2.52. The van der Waals surface area contributed by atoms with Crippen molar-refractivity contribution in [1.29, 1.82) is 0 Å². The summed E-state index contributed by atoms with van der Waals surface area (Å²) >= 11 is 7.64. The minimum Gasteiger partial charge on any atom is -0.351 e. The number of carbonyl (C=O) groups is 2. The molecule has 0 saturated heterocycles. The monoisotopic (exact) mass is 366 g/mol. The van der Waals surface area contributed by atoms with Crippen LogP contribution in [0.3, 0.4) is 0 Å². The third-order valence-electron chi connectivity index (χ3n) is 3.36. The maximum absolute atomic E-state index is 12.5. The lowest BCUT2D eigenvalue weighted by atomic mass is 10.2. The van der Waals surface area contributed by atoms with Crippen LogP contribution in [0, 0.1) is 0 Å². The highest BCUT2D eigenvalue weighted by molar-refractivity contribution is 7.98. The molecule has 128 valence electrons. The molecule has 2 amide bonds. The fourth-order valence-electron chi connectivity index (χ4n) is 2.12. The third-order valence-corrected chi connectivity index (χ3v) is 4.41. The lowest BCUT2D eigenvalue weighted by Gasteiger charge is -2.10. The molecule has 0 atom stereocenters. The number of anilines is 1. The van der Waals surface area contributed by atoms with Crippen LogP contribution in [0.1, 0.15) is 34.2 Å². The average molecular weight is 367 g/mol. The molecule has 0 aliphatic carbocycles. The van der Waals surface area contributed by atoms with Crippen molar-refractivity contribution in [2.24, 2.45) is 7.05 Å². The number of hydrogen-bond acceptors (Lipinski definition) is 4. The highest BCUT2D eigenvalue weighted by Crippen LogP contribution is 2.24. The summed E-state index contributed by atoms with van der Waals surface area (Å²) < 4.78 is 1.43. The number of thioether (sulfide) groups is 1. The van der Waals surface area contributed by atoms with Crippen LogP contribution in [0.25, 0.3) is 0 Å². The van der Waals surface area contributed by atoms with E-state index in [1.54, 1.807) is 19.2 Å². The van der Waals surface area contributed by atoms with Crippen molar-refractivity contribution >= 4 is 40.9 Å². The summed E-state index contributed by atoms with van der Waals surface area (Å²) in [5.74, 6) is -0.662. The van der Waals surface area contributed by atoms with E-state index < -0.39 is 0 Å². The van der Waals surface area contributed by atoms with Crippen LogP contribution in [0.5, 0.6) is 0 Å². The first-order chi connectivity index (χ1) is 11.5. The second kappa shape index (κ2) is 8.21. The normalized spacial score (nSPS) is 10.5. The fraction of sp³-hybridized carbons (Fsp3) is 0.312. The Labute approximate surface area is 149 Å². The third kappa shape index (κ3) is 4.10. The molecule has 0 spiro atoms. The molecule has 8 heteroatoms. The molecule has 0 aliphatic rings. The van der Waals surface area contributed by atoms with Gasteiger partial charge in [-0.05, 0) is 30.9 Å². The second-order valence-electron chi connectivity index (χ2n) is 5.09. The van der Waals surface area contributed by atoms with E-state index in [4.69, 9.17) is 11.6 Å². The van der Waals surface area contributed by atoms with E-state index in [2.05, 4.69) is 15.7 Å². The van der Waals surface area contributed by atoms with E-state index >= 15 is 0 Å². The number of halogens is 1. The zero-order chi connectivity index (χ0) is 17.7. The van der Waals surface area contributed by atoms with E-state index in [0.717, 1.165) is 11.3 Å². The van der Waals surface area contributed by atoms with Crippen molar-refractivity contribution in [2.45, 2.75) is 18.2 Å². The standard InChI is InChI=1S/C16H19ClN4O2S/c1-4-7-18-16(23)14-13(9-19-21(14)2)20-15(22)11-8-10(24-3)5-6-12(11)17/h5-6,8-9H,4,7H2,1-3H3,(H,18,23)(H,20,22). The molecule has 0 unspecified atom stereocenters. The summed E-state index contributed by atoms with van der Waals surface area (Å²) in [7, 11) is 1.65. The molecule has 24 heavy (non-hydrogen) atoms. The molecule has 1 aromatic carbocycles. The van der Waals surface area contributed by atoms with Gasteiger partial charge in [0.15, 0.2) is 0 Å². The number of nitrogens with one attached hydrogen (secondary N) is 2. The summed E-state index contributed by atoms with van der Waals surface area (Å²) in [5, 5.41) is 9.90. The van der Waals surface area contributed by atoms with E-state index in [-0.39, 0.29) is 11.8 Å². The smallest absolute Gasteiger partial charge is 0.271 e. The largest absolute Gasteiger partial charge is 0.351 e. The number of benzene rings is 1. The lowest BCUT2D eigenvalue weighted by Crippen LogP contribution is -2.27. The Kier molecular flexibility index (Phi) is 6.28. The molecule has 2 rings (SSSR count). The molecular formula is C16H19ClN4O2S. The Bertz CT molecular complexity index is 761. The molecule has 0 radical (unpaired) electrons. The van der Waals surface area contributed by atoms with Crippen LogP contribution in [-0.4, -0.2) is 34.4 Å². The number of amides is 2. The molecule has 1 heterocycles. The minimum atomic E-state index is -0.381. The van der Waals surface area contributed by atoms with Gasteiger partial charge in [-0.15, -0.1) is 11.8 Å². The number of nitrogens with zero attached hydrogens (tertiary/aromatic N) is 2. The fourth-order valence-corrected chi connectivity index (χ4v) is 2.76. The van der Waals surface area contributed by atoms with Crippen LogP contribution in [0.15, 0.2) is 29.3 Å².